The highest BCUT2D eigenvalue weighted by atomic mass is 35.5. The zero-order valence-corrected chi connectivity index (χ0v) is 18.6. The highest BCUT2D eigenvalue weighted by Gasteiger charge is 2.03. The fraction of sp³-hybridized carbons (Fsp3) is 0.280. The maximum atomic E-state index is 6.04. The zero-order valence-electron chi connectivity index (χ0n) is 17.9. The first kappa shape index (κ1) is 22.4. The van der Waals surface area contributed by atoms with Crippen LogP contribution in [0.1, 0.15) is 5.56 Å². The number of ether oxygens (including phenoxy) is 2. The monoisotopic (exact) mass is 450 g/mol. The first-order valence-electron chi connectivity index (χ1n) is 10.8. The van der Waals surface area contributed by atoms with Crippen LogP contribution in [-0.4, -0.2) is 49.5 Å². The third-order valence-corrected chi connectivity index (χ3v) is 5.35. The van der Waals surface area contributed by atoms with E-state index in [9.17, 15) is 0 Å². The molecule has 0 aliphatic carbocycles. The number of aromatic nitrogens is 2. The number of anilines is 1. The number of hydrogen-bond acceptors (Lipinski definition) is 6. The van der Waals surface area contributed by atoms with Gasteiger partial charge in [0.25, 0.3) is 0 Å². The Morgan fingerprint density at radius 2 is 1.53 bits per heavy atom. The Hall–Kier alpha value is -2.77. The van der Waals surface area contributed by atoms with Crippen molar-refractivity contribution in [1.82, 2.24) is 15.3 Å². The summed E-state index contributed by atoms with van der Waals surface area (Å²) in [6.45, 7) is 4.70. The van der Waals surface area contributed by atoms with E-state index in [0.29, 0.717) is 38.0 Å². The maximum Gasteiger partial charge on any atom is 0.0737 e. The summed E-state index contributed by atoms with van der Waals surface area (Å²) >= 11 is 6.04. The second-order valence-corrected chi connectivity index (χ2v) is 7.77. The molecule has 2 aromatic carbocycles. The van der Waals surface area contributed by atoms with E-state index in [4.69, 9.17) is 21.1 Å². The van der Waals surface area contributed by atoms with Crippen molar-refractivity contribution in [1.29, 1.82) is 0 Å². The van der Waals surface area contributed by atoms with E-state index < -0.39 is 0 Å². The number of halogens is 1. The Morgan fingerprint density at radius 3 is 2.44 bits per heavy atom. The van der Waals surface area contributed by atoms with Gasteiger partial charge in [-0.25, -0.2) is 0 Å². The summed E-state index contributed by atoms with van der Waals surface area (Å²) < 4.78 is 11.3. The molecule has 0 bridgehead atoms. The highest BCUT2D eigenvalue weighted by molar-refractivity contribution is 6.31. The Kier molecular flexibility index (Phi) is 8.23. The van der Waals surface area contributed by atoms with Gasteiger partial charge in [0.1, 0.15) is 0 Å². The molecule has 32 heavy (non-hydrogen) atoms. The number of rotatable bonds is 12. The van der Waals surface area contributed by atoms with Gasteiger partial charge in [-0.05, 0) is 42.0 Å². The zero-order chi connectivity index (χ0) is 22.0. The first-order valence-corrected chi connectivity index (χ1v) is 11.2. The van der Waals surface area contributed by atoms with Crippen LogP contribution in [-0.2, 0) is 16.0 Å². The number of nitrogens with one attached hydrogen (secondary N) is 2. The Morgan fingerprint density at radius 1 is 0.750 bits per heavy atom. The van der Waals surface area contributed by atoms with E-state index in [2.05, 4.69) is 32.7 Å². The summed E-state index contributed by atoms with van der Waals surface area (Å²) in [5, 5.41) is 9.74. The molecular formula is C25H27ClN4O2. The Bertz CT molecular complexity index is 1150. The van der Waals surface area contributed by atoms with Gasteiger partial charge in [0.2, 0.25) is 0 Å². The molecule has 0 aliphatic rings. The molecule has 4 rings (SSSR count). The predicted molar refractivity (Wildman–Crippen MR) is 130 cm³/mol. The molecule has 4 aromatic rings. The van der Waals surface area contributed by atoms with Crippen molar-refractivity contribution < 1.29 is 9.47 Å². The molecule has 6 nitrogen and oxygen atoms in total. The van der Waals surface area contributed by atoms with Gasteiger partial charge in [-0.1, -0.05) is 29.8 Å². The van der Waals surface area contributed by atoms with Gasteiger partial charge < -0.3 is 20.1 Å². The average molecular weight is 451 g/mol. The molecule has 7 heteroatoms. The number of fused-ring (bicyclic) bond motifs is 2. The maximum absolute atomic E-state index is 6.04. The Balaban J connectivity index is 1.06. The second-order valence-electron chi connectivity index (χ2n) is 7.34. The smallest absolute Gasteiger partial charge is 0.0737 e. The first-order chi connectivity index (χ1) is 15.8. The molecular weight excluding hydrogens is 424 g/mol. The second kappa shape index (κ2) is 11.7. The van der Waals surface area contributed by atoms with Crippen molar-refractivity contribution in [3.05, 3.63) is 77.6 Å². The largest absolute Gasteiger partial charge is 0.382 e. The lowest BCUT2D eigenvalue weighted by molar-refractivity contribution is 0.0527. The number of para-hydroxylation sites is 1. The summed E-state index contributed by atoms with van der Waals surface area (Å²) in [4.78, 5) is 8.75. The molecule has 0 aliphatic heterocycles. The molecule has 0 amide bonds. The number of hydrogen-bond donors (Lipinski definition) is 2. The van der Waals surface area contributed by atoms with Gasteiger partial charge in [-0.2, -0.15) is 0 Å². The van der Waals surface area contributed by atoms with Crippen LogP contribution in [0.5, 0.6) is 0 Å². The van der Waals surface area contributed by atoms with E-state index in [1.54, 1.807) is 6.20 Å². The van der Waals surface area contributed by atoms with Gasteiger partial charge in [0.05, 0.1) is 37.5 Å². The minimum absolute atomic E-state index is 0.573. The van der Waals surface area contributed by atoms with E-state index in [1.165, 1.54) is 10.9 Å². The standard InChI is InChI=1S/C25H27ClN4O2/c26-20-5-6-22-24(8-10-29-25(22)17-20)30-12-14-32-16-15-31-13-11-27-18-19-7-9-28-23-4-2-1-3-21(19)23/h1-10,17,27H,11-16,18H2,(H,29,30). The molecule has 166 valence electrons. The quantitative estimate of drug-likeness (QED) is 0.306. The third-order valence-electron chi connectivity index (χ3n) is 5.12. The predicted octanol–water partition coefficient (Wildman–Crippen LogP) is 4.67. The van der Waals surface area contributed by atoms with Gasteiger partial charge in [-0.15, -0.1) is 0 Å². The summed E-state index contributed by atoms with van der Waals surface area (Å²) in [6, 6.07) is 17.9. The van der Waals surface area contributed by atoms with Gasteiger partial charge in [-0.3, -0.25) is 9.97 Å². The van der Waals surface area contributed by atoms with Crippen molar-refractivity contribution in [3.63, 3.8) is 0 Å². The molecule has 0 atom stereocenters. The van der Waals surface area contributed by atoms with Crippen LogP contribution in [0.25, 0.3) is 21.8 Å². The van der Waals surface area contributed by atoms with E-state index in [1.807, 2.05) is 48.7 Å². The van der Waals surface area contributed by atoms with Crippen LogP contribution in [0.2, 0.25) is 5.02 Å². The van der Waals surface area contributed by atoms with E-state index in [0.717, 1.165) is 35.2 Å². The van der Waals surface area contributed by atoms with E-state index >= 15 is 0 Å². The van der Waals surface area contributed by atoms with Crippen LogP contribution in [0.3, 0.4) is 0 Å². The van der Waals surface area contributed by atoms with Gasteiger partial charge in [0.15, 0.2) is 0 Å². The van der Waals surface area contributed by atoms with Crippen molar-refractivity contribution >= 4 is 39.1 Å². The lowest BCUT2D eigenvalue weighted by atomic mass is 10.1. The lowest BCUT2D eigenvalue weighted by Crippen LogP contribution is -2.20. The molecule has 0 spiro atoms. The minimum atomic E-state index is 0.573. The van der Waals surface area contributed by atoms with Crippen molar-refractivity contribution in [2.24, 2.45) is 0 Å². The molecule has 2 N–H and O–H groups in total. The summed E-state index contributed by atoms with van der Waals surface area (Å²) in [5.41, 5.74) is 4.18. The molecule has 2 heterocycles. The van der Waals surface area contributed by atoms with Gasteiger partial charge in [0, 0.05) is 53.5 Å². The van der Waals surface area contributed by atoms with Crippen molar-refractivity contribution in [3.8, 4) is 0 Å². The van der Waals surface area contributed by atoms with Crippen LogP contribution in [0, 0.1) is 0 Å². The van der Waals surface area contributed by atoms with Crippen LogP contribution < -0.4 is 10.6 Å². The summed E-state index contributed by atoms with van der Waals surface area (Å²) in [7, 11) is 0. The minimum Gasteiger partial charge on any atom is -0.382 e. The highest BCUT2D eigenvalue weighted by Crippen LogP contribution is 2.24. The average Bonchev–Trinajstić information content (AvgIpc) is 2.82. The van der Waals surface area contributed by atoms with Crippen molar-refractivity contribution in [2.75, 3.05) is 44.8 Å². The fourth-order valence-corrected chi connectivity index (χ4v) is 3.70. The SMILES string of the molecule is Clc1ccc2c(NCCOCCOCCNCc3ccnc4ccccc34)ccnc2c1. The Labute approximate surface area is 192 Å². The van der Waals surface area contributed by atoms with Gasteiger partial charge >= 0.3 is 0 Å². The lowest BCUT2D eigenvalue weighted by Gasteiger charge is -2.11. The number of benzene rings is 2. The summed E-state index contributed by atoms with van der Waals surface area (Å²) in [6.07, 6.45) is 3.63. The normalized spacial score (nSPS) is 11.3. The topological polar surface area (TPSA) is 68.3 Å². The summed E-state index contributed by atoms with van der Waals surface area (Å²) in [5.74, 6) is 0. The number of nitrogens with zero attached hydrogens (tertiary/aromatic N) is 2. The van der Waals surface area contributed by atoms with Crippen LogP contribution in [0.4, 0.5) is 5.69 Å². The molecule has 0 saturated heterocycles. The number of pyridine rings is 2. The van der Waals surface area contributed by atoms with Crippen molar-refractivity contribution in [2.45, 2.75) is 6.54 Å². The van der Waals surface area contributed by atoms with Crippen LogP contribution >= 0.6 is 11.6 Å². The molecule has 0 fully saturated rings. The third kappa shape index (κ3) is 6.14. The fourth-order valence-electron chi connectivity index (χ4n) is 3.53. The molecule has 2 aromatic heterocycles. The molecule has 0 saturated carbocycles. The molecule has 0 radical (unpaired) electrons. The molecule has 0 unspecified atom stereocenters. The van der Waals surface area contributed by atoms with Crippen LogP contribution in [0.15, 0.2) is 67.0 Å². The van der Waals surface area contributed by atoms with E-state index in [-0.39, 0.29) is 0 Å².